The molecule has 0 radical (unpaired) electrons. The molecule has 23 heavy (non-hydrogen) atoms. The number of benzene rings is 2. The molecule has 0 fully saturated rings. The molecule has 0 amide bonds. The monoisotopic (exact) mass is 315 g/mol. The van der Waals surface area contributed by atoms with Crippen LogP contribution in [0.1, 0.15) is 5.56 Å². The zero-order valence-electron chi connectivity index (χ0n) is 12.4. The molecule has 7 heteroatoms. The summed E-state index contributed by atoms with van der Waals surface area (Å²) in [5, 5.41) is 19.9. The van der Waals surface area contributed by atoms with Gasteiger partial charge in [0.2, 0.25) is 0 Å². The van der Waals surface area contributed by atoms with Crippen LogP contribution < -0.4 is 9.64 Å². The van der Waals surface area contributed by atoms with Crippen LogP contribution in [0.25, 0.3) is 0 Å². The van der Waals surface area contributed by atoms with Gasteiger partial charge in [0, 0.05) is 19.2 Å². The first-order valence-corrected chi connectivity index (χ1v) is 6.80. The van der Waals surface area contributed by atoms with E-state index < -0.39 is 10.7 Å². The molecule has 118 valence electrons. The lowest BCUT2D eigenvalue weighted by molar-refractivity contribution is -0.384. The molecule has 2 aromatic rings. The fraction of sp³-hybridized carbons (Fsp3) is 0.188. The van der Waals surface area contributed by atoms with Crippen molar-refractivity contribution in [3.8, 4) is 11.8 Å². The van der Waals surface area contributed by atoms with Crippen molar-refractivity contribution in [2.75, 3.05) is 25.1 Å². The molecule has 2 rings (SSSR count). The van der Waals surface area contributed by atoms with Crippen LogP contribution in [-0.2, 0) is 0 Å². The molecule has 0 aliphatic rings. The highest BCUT2D eigenvalue weighted by Crippen LogP contribution is 2.24. The number of halogens is 1. The van der Waals surface area contributed by atoms with Crippen molar-refractivity contribution in [1.29, 1.82) is 5.26 Å². The average Bonchev–Trinajstić information content (AvgIpc) is 2.55. The Balaban J connectivity index is 2.03. The molecule has 0 N–H and O–H groups in total. The fourth-order valence-electron chi connectivity index (χ4n) is 2.03. The second-order valence-electron chi connectivity index (χ2n) is 4.77. The normalized spacial score (nSPS) is 9.96. The SMILES string of the molecule is CN(CCOc1ccccc1F)c1ccc([N+](=O)[O-])cc1C#N. The number of hydrogen-bond donors (Lipinski definition) is 0. The third-order valence-electron chi connectivity index (χ3n) is 3.24. The maximum atomic E-state index is 13.4. The Morgan fingerprint density at radius 2 is 2.09 bits per heavy atom. The van der Waals surface area contributed by atoms with Gasteiger partial charge in [-0.05, 0) is 18.2 Å². The minimum absolute atomic E-state index is 0.138. The van der Waals surface area contributed by atoms with E-state index in [2.05, 4.69) is 0 Å². The topological polar surface area (TPSA) is 79.4 Å². The van der Waals surface area contributed by atoms with Gasteiger partial charge in [0.1, 0.15) is 12.7 Å². The molecule has 0 aliphatic heterocycles. The van der Waals surface area contributed by atoms with Gasteiger partial charge in [-0.3, -0.25) is 10.1 Å². The summed E-state index contributed by atoms with van der Waals surface area (Å²) in [6.45, 7) is 0.597. The van der Waals surface area contributed by atoms with E-state index in [1.165, 1.54) is 30.3 Å². The maximum absolute atomic E-state index is 13.4. The van der Waals surface area contributed by atoms with Crippen LogP contribution in [-0.4, -0.2) is 25.1 Å². The Bertz CT molecular complexity index is 758. The highest BCUT2D eigenvalue weighted by molar-refractivity contribution is 5.62. The quantitative estimate of drug-likeness (QED) is 0.604. The molecule has 0 saturated carbocycles. The van der Waals surface area contributed by atoms with Crippen LogP contribution in [0.15, 0.2) is 42.5 Å². The number of likely N-dealkylation sites (N-methyl/N-ethyl adjacent to an activating group) is 1. The number of anilines is 1. The Morgan fingerprint density at radius 1 is 1.35 bits per heavy atom. The van der Waals surface area contributed by atoms with Crippen molar-refractivity contribution in [2.24, 2.45) is 0 Å². The number of para-hydroxylation sites is 1. The first-order valence-electron chi connectivity index (χ1n) is 6.80. The number of rotatable bonds is 6. The number of ether oxygens (including phenoxy) is 1. The van der Waals surface area contributed by atoms with Crippen molar-refractivity contribution in [2.45, 2.75) is 0 Å². The van der Waals surface area contributed by atoms with Crippen LogP contribution in [0.5, 0.6) is 5.75 Å². The molecule has 0 aliphatic carbocycles. The Morgan fingerprint density at radius 3 is 2.74 bits per heavy atom. The van der Waals surface area contributed by atoms with E-state index in [0.29, 0.717) is 12.2 Å². The summed E-state index contributed by atoms with van der Waals surface area (Å²) in [5.74, 6) is -0.284. The van der Waals surface area contributed by atoms with Gasteiger partial charge in [-0.15, -0.1) is 0 Å². The van der Waals surface area contributed by atoms with Gasteiger partial charge in [0.05, 0.1) is 22.7 Å². The molecule has 0 unspecified atom stereocenters. The second-order valence-corrected chi connectivity index (χ2v) is 4.77. The van der Waals surface area contributed by atoms with E-state index in [1.54, 1.807) is 24.1 Å². The van der Waals surface area contributed by atoms with E-state index >= 15 is 0 Å². The minimum Gasteiger partial charge on any atom is -0.489 e. The second kappa shape index (κ2) is 7.22. The number of nitro benzene ring substituents is 1. The molecular formula is C16H14FN3O3. The number of nitro groups is 1. The number of nitriles is 1. The van der Waals surface area contributed by atoms with Gasteiger partial charge in [-0.2, -0.15) is 5.26 Å². The van der Waals surface area contributed by atoms with Crippen molar-refractivity contribution >= 4 is 11.4 Å². The van der Waals surface area contributed by atoms with E-state index in [9.17, 15) is 14.5 Å². The Hall–Kier alpha value is -3.14. The first kappa shape index (κ1) is 16.2. The van der Waals surface area contributed by atoms with Gasteiger partial charge in [-0.25, -0.2) is 4.39 Å². The zero-order valence-corrected chi connectivity index (χ0v) is 12.4. The van der Waals surface area contributed by atoms with Crippen LogP contribution in [0.3, 0.4) is 0 Å². The van der Waals surface area contributed by atoms with Gasteiger partial charge >= 0.3 is 0 Å². The average molecular weight is 315 g/mol. The summed E-state index contributed by atoms with van der Waals surface area (Å²) >= 11 is 0. The predicted octanol–water partition coefficient (Wildman–Crippen LogP) is 3.12. The van der Waals surface area contributed by atoms with Crippen molar-refractivity contribution < 1.29 is 14.1 Å². The molecule has 2 aromatic carbocycles. The first-order chi connectivity index (χ1) is 11.0. The lowest BCUT2D eigenvalue weighted by atomic mass is 10.1. The van der Waals surface area contributed by atoms with Crippen LogP contribution in [0, 0.1) is 27.3 Å². The van der Waals surface area contributed by atoms with Crippen molar-refractivity contribution in [1.82, 2.24) is 0 Å². The zero-order chi connectivity index (χ0) is 16.8. The Kier molecular flexibility index (Phi) is 5.10. The summed E-state index contributed by atoms with van der Waals surface area (Å²) in [4.78, 5) is 11.9. The largest absolute Gasteiger partial charge is 0.489 e. The molecular weight excluding hydrogens is 301 g/mol. The number of nitrogens with zero attached hydrogens (tertiary/aromatic N) is 3. The van der Waals surface area contributed by atoms with Gasteiger partial charge in [0.25, 0.3) is 5.69 Å². The summed E-state index contributed by atoms with van der Waals surface area (Å²) in [6, 6.07) is 12.1. The van der Waals surface area contributed by atoms with Crippen LogP contribution >= 0.6 is 0 Å². The lowest BCUT2D eigenvalue weighted by Crippen LogP contribution is -2.24. The Labute approximate surface area is 132 Å². The summed E-state index contributed by atoms with van der Waals surface area (Å²) < 4.78 is 18.8. The minimum atomic E-state index is -0.550. The summed E-state index contributed by atoms with van der Waals surface area (Å²) in [7, 11) is 1.73. The van der Waals surface area contributed by atoms with Gasteiger partial charge < -0.3 is 9.64 Å². The molecule has 6 nitrogen and oxygen atoms in total. The smallest absolute Gasteiger partial charge is 0.270 e. The fourth-order valence-corrected chi connectivity index (χ4v) is 2.03. The lowest BCUT2D eigenvalue weighted by Gasteiger charge is -2.20. The standard InChI is InChI=1S/C16H14FN3O3/c1-19(8-9-23-16-5-3-2-4-14(16)17)15-7-6-13(20(21)22)10-12(15)11-18/h2-7,10H,8-9H2,1H3. The molecule has 0 heterocycles. The molecule has 0 saturated heterocycles. The van der Waals surface area contributed by atoms with E-state index in [4.69, 9.17) is 10.00 Å². The van der Waals surface area contributed by atoms with Gasteiger partial charge in [-0.1, -0.05) is 12.1 Å². The highest BCUT2D eigenvalue weighted by Gasteiger charge is 2.13. The molecule has 0 aromatic heterocycles. The van der Waals surface area contributed by atoms with E-state index in [1.807, 2.05) is 6.07 Å². The third-order valence-corrected chi connectivity index (χ3v) is 3.24. The van der Waals surface area contributed by atoms with Crippen LogP contribution in [0.4, 0.5) is 15.8 Å². The molecule has 0 atom stereocenters. The third kappa shape index (κ3) is 3.95. The number of hydrogen-bond acceptors (Lipinski definition) is 5. The van der Waals surface area contributed by atoms with Gasteiger partial charge in [0.15, 0.2) is 11.6 Å². The van der Waals surface area contributed by atoms with Crippen molar-refractivity contribution in [3.05, 3.63) is 64.0 Å². The van der Waals surface area contributed by atoms with E-state index in [0.717, 1.165) is 0 Å². The maximum Gasteiger partial charge on any atom is 0.270 e. The van der Waals surface area contributed by atoms with Crippen LogP contribution in [0.2, 0.25) is 0 Å². The highest BCUT2D eigenvalue weighted by atomic mass is 19.1. The van der Waals surface area contributed by atoms with E-state index in [-0.39, 0.29) is 23.6 Å². The summed E-state index contributed by atoms with van der Waals surface area (Å²) in [6.07, 6.45) is 0. The summed E-state index contributed by atoms with van der Waals surface area (Å²) in [5.41, 5.74) is 0.615. The number of non-ortho nitro benzene ring substituents is 1. The van der Waals surface area contributed by atoms with Crippen molar-refractivity contribution in [3.63, 3.8) is 0 Å². The molecule has 0 bridgehead atoms. The predicted molar refractivity (Wildman–Crippen MR) is 83.0 cm³/mol. The molecule has 0 spiro atoms.